The van der Waals surface area contributed by atoms with Crippen LogP contribution in [0.25, 0.3) is 10.9 Å². The van der Waals surface area contributed by atoms with Crippen molar-refractivity contribution in [2.75, 3.05) is 32.9 Å². The number of nitrogens with one attached hydrogen (secondary N) is 1. The largest absolute Gasteiger partial charge is 0.494 e. The lowest BCUT2D eigenvalue weighted by molar-refractivity contribution is 0.274. The maximum Gasteiger partial charge on any atom is 0.120 e. The van der Waals surface area contributed by atoms with Gasteiger partial charge in [-0.15, -0.1) is 6.58 Å². The van der Waals surface area contributed by atoms with Crippen LogP contribution in [0.5, 0.6) is 5.75 Å². The average Bonchev–Trinajstić information content (AvgIpc) is 2.88. The van der Waals surface area contributed by atoms with Crippen LogP contribution < -0.4 is 4.74 Å². The van der Waals surface area contributed by atoms with Crippen molar-refractivity contribution in [1.82, 2.24) is 9.88 Å². The van der Waals surface area contributed by atoms with Gasteiger partial charge in [0.2, 0.25) is 0 Å². The van der Waals surface area contributed by atoms with E-state index in [0.717, 1.165) is 30.8 Å². The van der Waals surface area contributed by atoms with Gasteiger partial charge in [0.15, 0.2) is 0 Å². The van der Waals surface area contributed by atoms with Crippen LogP contribution in [0.4, 0.5) is 4.39 Å². The number of rotatable bonds is 9. The molecule has 0 aliphatic rings. The lowest BCUT2D eigenvalue weighted by atomic mass is 10.1. The maximum absolute atomic E-state index is 12.5. The van der Waals surface area contributed by atoms with Gasteiger partial charge >= 0.3 is 0 Å². The van der Waals surface area contributed by atoms with E-state index < -0.39 is 0 Å². The van der Waals surface area contributed by atoms with E-state index in [1.165, 1.54) is 10.9 Å². The zero-order chi connectivity index (χ0) is 15.1. The molecule has 21 heavy (non-hydrogen) atoms. The molecule has 114 valence electrons. The predicted octanol–water partition coefficient (Wildman–Crippen LogP) is 3.57. The summed E-state index contributed by atoms with van der Waals surface area (Å²) in [6.07, 6.45) is 4.73. The Morgan fingerprint density at radius 1 is 1.38 bits per heavy atom. The van der Waals surface area contributed by atoms with E-state index in [2.05, 4.69) is 22.5 Å². The highest BCUT2D eigenvalue weighted by Gasteiger charge is 2.08. The molecular weight excluding hydrogens is 267 g/mol. The molecule has 1 heterocycles. The molecule has 1 N–H and O–H groups in total. The van der Waals surface area contributed by atoms with Gasteiger partial charge in [0.1, 0.15) is 12.4 Å². The van der Waals surface area contributed by atoms with Gasteiger partial charge in [-0.2, -0.15) is 0 Å². The smallest absolute Gasteiger partial charge is 0.120 e. The highest BCUT2D eigenvalue weighted by Crippen LogP contribution is 2.24. The fourth-order valence-corrected chi connectivity index (χ4v) is 2.50. The summed E-state index contributed by atoms with van der Waals surface area (Å²) in [5.41, 5.74) is 2.34. The van der Waals surface area contributed by atoms with E-state index in [1.807, 2.05) is 31.3 Å². The number of aromatic nitrogens is 1. The summed E-state index contributed by atoms with van der Waals surface area (Å²) in [7, 11) is 0. The molecule has 4 heteroatoms. The number of ether oxygens (including phenoxy) is 1. The topological polar surface area (TPSA) is 28.3 Å². The second-order valence-electron chi connectivity index (χ2n) is 4.98. The Balaban J connectivity index is 2.10. The zero-order valence-corrected chi connectivity index (χ0v) is 12.6. The second-order valence-corrected chi connectivity index (χ2v) is 4.98. The molecule has 0 aliphatic carbocycles. The molecule has 2 aromatic rings. The van der Waals surface area contributed by atoms with Crippen molar-refractivity contribution in [2.24, 2.45) is 0 Å². The molecule has 0 spiro atoms. The normalized spacial score (nSPS) is 11.2. The number of aromatic amines is 1. The maximum atomic E-state index is 12.5. The van der Waals surface area contributed by atoms with Crippen molar-refractivity contribution in [1.29, 1.82) is 0 Å². The number of alkyl halides is 1. The SMILES string of the molecule is C=CCN(CCF)CCc1c[nH]c2ccc(OCC)cc12. The lowest BCUT2D eigenvalue weighted by Gasteiger charge is -2.18. The summed E-state index contributed by atoms with van der Waals surface area (Å²) in [5.74, 6) is 0.887. The van der Waals surface area contributed by atoms with Gasteiger partial charge in [-0.25, -0.2) is 4.39 Å². The molecule has 0 unspecified atom stereocenters. The molecule has 0 aliphatic heterocycles. The molecule has 0 saturated carbocycles. The summed E-state index contributed by atoms with van der Waals surface area (Å²) >= 11 is 0. The quantitative estimate of drug-likeness (QED) is 0.715. The van der Waals surface area contributed by atoms with Gasteiger partial charge in [-0.05, 0) is 37.1 Å². The number of fused-ring (bicyclic) bond motifs is 1. The van der Waals surface area contributed by atoms with Crippen molar-refractivity contribution in [3.05, 3.63) is 42.6 Å². The third-order valence-corrected chi connectivity index (χ3v) is 3.54. The van der Waals surface area contributed by atoms with Crippen LogP contribution in [0.3, 0.4) is 0 Å². The van der Waals surface area contributed by atoms with Gasteiger partial charge in [0, 0.05) is 36.7 Å². The molecule has 0 bridgehead atoms. The molecule has 1 aromatic heterocycles. The fraction of sp³-hybridized carbons (Fsp3) is 0.412. The van der Waals surface area contributed by atoms with Crippen molar-refractivity contribution in [3.63, 3.8) is 0 Å². The minimum atomic E-state index is -0.323. The number of hydrogen-bond acceptors (Lipinski definition) is 2. The van der Waals surface area contributed by atoms with Crippen LogP contribution >= 0.6 is 0 Å². The Bertz CT molecular complexity index is 579. The van der Waals surface area contributed by atoms with E-state index in [0.29, 0.717) is 13.2 Å². The van der Waals surface area contributed by atoms with Crippen molar-refractivity contribution in [2.45, 2.75) is 13.3 Å². The number of H-pyrrole nitrogens is 1. The Morgan fingerprint density at radius 2 is 2.24 bits per heavy atom. The van der Waals surface area contributed by atoms with Crippen LogP contribution in [0, 0.1) is 0 Å². The van der Waals surface area contributed by atoms with Gasteiger partial charge in [-0.3, -0.25) is 4.90 Å². The number of benzene rings is 1. The second kappa shape index (κ2) is 7.84. The minimum Gasteiger partial charge on any atom is -0.494 e. The first-order valence-electron chi connectivity index (χ1n) is 7.40. The third-order valence-electron chi connectivity index (χ3n) is 3.54. The first kappa shape index (κ1) is 15.6. The van der Waals surface area contributed by atoms with Crippen LogP contribution in [-0.2, 0) is 6.42 Å². The van der Waals surface area contributed by atoms with E-state index in [4.69, 9.17) is 4.74 Å². The van der Waals surface area contributed by atoms with E-state index in [-0.39, 0.29) is 6.67 Å². The molecule has 2 rings (SSSR count). The molecule has 3 nitrogen and oxygen atoms in total. The van der Waals surface area contributed by atoms with Gasteiger partial charge in [0.05, 0.1) is 6.61 Å². The Kier molecular flexibility index (Phi) is 5.81. The monoisotopic (exact) mass is 290 g/mol. The Morgan fingerprint density at radius 3 is 2.95 bits per heavy atom. The van der Waals surface area contributed by atoms with Crippen LogP contribution in [0.2, 0.25) is 0 Å². The van der Waals surface area contributed by atoms with Crippen molar-refractivity contribution >= 4 is 10.9 Å². The summed E-state index contributed by atoms with van der Waals surface area (Å²) in [6, 6.07) is 6.07. The number of halogens is 1. The average molecular weight is 290 g/mol. The standard InChI is InChI=1S/C17H23FN2O/c1-3-9-20(11-8-18)10-7-14-13-19-17-6-5-15(21-4-2)12-16(14)17/h3,5-6,12-13,19H,1,4,7-11H2,2H3. The molecule has 0 atom stereocenters. The number of nitrogens with zero attached hydrogens (tertiary/aromatic N) is 1. The predicted molar refractivity (Wildman–Crippen MR) is 85.8 cm³/mol. The molecule has 0 fully saturated rings. The van der Waals surface area contributed by atoms with Crippen LogP contribution in [0.1, 0.15) is 12.5 Å². The summed E-state index contributed by atoms with van der Waals surface area (Å²) < 4.78 is 18.1. The summed E-state index contributed by atoms with van der Waals surface area (Å²) in [4.78, 5) is 5.34. The first-order chi connectivity index (χ1) is 10.3. The summed E-state index contributed by atoms with van der Waals surface area (Å²) in [6.45, 7) is 8.04. The van der Waals surface area contributed by atoms with Gasteiger partial charge < -0.3 is 9.72 Å². The number of hydrogen-bond donors (Lipinski definition) is 1. The molecule has 0 amide bonds. The van der Waals surface area contributed by atoms with E-state index in [1.54, 1.807) is 0 Å². The van der Waals surface area contributed by atoms with E-state index >= 15 is 0 Å². The summed E-state index contributed by atoms with van der Waals surface area (Å²) in [5, 5.41) is 1.18. The molecule has 0 radical (unpaired) electrons. The molecular formula is C17H23FN2O. The molecule has 1 aromatic carbocycles. The van der Waals surface area contributed by atoms with E-state index in [9.17, 15) is 4.39 Å². The highest BCUT2D eigenvalue weighted by molar-refractivity contribution is 5.84. The Hall–Kier alpha value is -1.81. The lowest BCUT2D eigenvalue weighted by Crippen LogP contribution is -2.28. The Labute approximate surface area is 125 Å². The van der Waals surface area contributed by atoms with Crippen molar-refractivity contribution < 1.29 is 9.13 Å². The first-order valence-corrected chi connectivity index (χ1v) is 7.40. The van der Waals surface area contributed by atoms with Crippen molar-refractivity contribution in [3.8, 4) is 5.75 Å². The van der Waals surface area contributed by atoms with Gasteiger partial charge in [0.25, 0.3) is 0 Å². The molecule has 0 saturated heterocycles. The van der Waals surface area contributed by atoms with Crippen LogP contribution in [0.15, 0.2) is 37.1 Å². The fourth-order valence-electron chi connectivity index (χ4n) is 2.50. The van der Waals surface area contributed by atoms with Crippen LogP contribution in [-0.4, -0.2) is 42.8 Å². The van der Waals surface area contributed by atoms with Gasteiger partial charge in [-0.1, -0.05) is 6.08 Å². The zero-order valence-electron chi connectivity index (χ0n) is 12.6. The third kappa shape index (κ3) is 4.08. The highest BCUT2D eigenvalue weighted by atomic mass is 19.1. The minimum absolute atomic E-state index is 0.323.